The lowest BCUT2D eigenvalue weighted by atomic mass is 9.86. The summed E-state index contributed by atoms with van der Waals surface area (Å²) in [5.74, 6) is 0. The third kappa shape index (κ3) is 4.15. The molecular formula is C14H26N2O. The lowest BCUT2D eigenvalue weighted by Gasteiger charge is -2.25. The Morgan fingerprint density at radius 2 is 2.06 bits per heavy atom. The number of rotatable bonds is 5. The van der Waals surface area contributed by atoms with E-state index in [1.54, 1.807) is 0 Å². The van der Waals surface area contributed by atoms with Gasteiger partial charge in [-0.05, 0) is 44.6 Å². The van der Waals surface area contributed by atoms with Gasteiger partial charge in [0.1, 0.15) is 0 Å². The molecule has 17 heavy (non-hydrogen) atoms. The largest absolute Gasteiger partial charge is 0.393 e. The number of aromatic nitrogens is 2. The fourth-order valence-electron chi connectivity index (χ4n) is 1.98. The van der Waals surface area contributed by atoms with Crippen molar-refractivity contribution >= 4 is 0 Å². The maximum atomic E-state index is 9.97. The molecule has 1 aromatic rings. The lowest BCUT2D eigenvalue weighted by Crippen LogP contribution is -2.25. The average Bonchev–Trinajstić information content (AvgIpc) is 2.57. The Kier molecular flexibility index (Phi) is 4.75. The second-order valence-electron chi connectivity index (χ2n) is 5.87. The zero-order valence-electron chi connectivity index (χ0n) is 11.8. The molecule has 1 atom stereocenters. The summed E-state index contributed by atoms with van der Waals surface area (Å²) in [5, 5.41) is 14.4. The van der Waals surface area contributed by atoms with Crippen molar-refractivity contribution < 1.29 is 5.11 Å². The van der Waals surface area contributed by atoms with Crippen molar-refractivity contribution in [3.05, 3.63) is 17.5 Å². The van der Waals surface area contributed by atoms with Gasteiger partial charge in [-0.25, -0.2) is 0 Å². The van der Waals surface area contributed by atoms with Crippen molar-refractivity contribution in [2.75, 3.05) is 0 Å². The van der Waals surface area contributed by atoms with Crippen LogP contribution in [0.15, 0.2) is 6.07 Å². The van der Waals surface area contributed by atoms with E-state index in [1.165, 1.54) is 5.69 Å². The molecule has 0 radical (unpaired) electrons. The number of aliphatic hydroxyl groups excluding tert-OH is 1. The van der Waals surface area contributed by atoms with E-state index >= 15 is 0 Å². The SMILES string of the molecule is CCn1nc(C)cc1CCCC(O)C(C)(C)C. The Balaban J connectivity index is 2.46. The van der Waals surface area contributed by atoms with Crippen molar-refractivity contribution in [2.45, 2.75) is 66.5 Å². The van der Waals surface area contributed by atoms with Gasteiger partial charge in [0.05, 0.1) is 11.8 Å². The minimum atomic E-state index is -0.221. The molecule has 0 saturated heterocycles. The van der Waals surface area contributed by atoms with E-state index in [0.29, 0.717) is 0 Å². The van der Waals surface area contributed by atoms with Crippen LogP contribution in [0.1, 0.15) is 51.9 Å². The predicted molar refractivity (Wildman–Crippen MR) is 71.0 cm³/mol. The van der Waals surface area contributed by atoms with Crippen LogP contribution >= 0.6 is 0 Å². The summed E-state index contributed by atoms with van der Waals surface area (Å²) in [7, 11) is 0. The van der Waals surface area contributed by atoms with E-state index in [1.807, 2.05) is 6.92 Å². The maximum absolute atomic E-state index is 9.97. The fraction of sp³-hybridized carbons (Fsp3) is 0.786. The number of aryl methyl sites for hydroxylation is 3. The van der Waals surface area contributed by atoms with Crippen LogP contribution in [0.4, 0.5) is 0 Å². The molecule has 1 heterocycles. The topological polar surface area (TPSA) is 38.0 Å². The maximum Gasteiger partial charge on any atom is 0.0596 e. The highest BCUT2D eigenvalue weighted by Crippen LogP contribution is 2.23. The standard InChI is InChI=1S/C14H26N2O/c1-6-16-12(10-11(2)15-16)8-7-9-13(17)14(3,4)5/h10,13,17H,6-9H2,1-5H3. The molecule has 1 rings (SSSR count). The average molecular weight is 238 g/mol. The Bertz CT molecular complexity index is 350. The summed E-state index contributed by atoms with van der Waals surface area (Å²) in [5.41, 5.74) is 2.35. The summed E-state index contributed by atoms with van der Waals surface area (Å²) in [6.45, 7) is 11.3. The number of nitrogens with zero attached hydrogens (tertiary/aromatic N) is 2. The molecule has 0 bridgehead atoms. The molecule has 0 fully saturated rings. The van der Waals surface area contributed by atoms with E-state index in [-0.39, 0.29) is 11.5 Å². The monoisotopic (exact) mass is 238 g/mol. The van der Waals surface area contributed by atoms with Gasteiger partial charge < -0.3 is 5.11 Å². The Morgan fingerprint density at radius 1 is 1.41 bits per heavy atom. The van der Waals surface area contributed by atoms with Gasteiger partial charge in [0, 0.05) is 12.2 Å². The highest BCUT2D eigenvalue weighted by atomic mass is 16.3. The van der Waals surface area contributed by atoms with Gasteiger partial charge in [0.25, 0.3) is 0 Å². The van der Waals surface area contributed by atoms with Crippen LogP contribution in [-0.4, -0.2) is 21.0 Å². The van der Waals surface area contributed by atoms with Crippen molar-refractivity contribution in [3.63, 3.8) is 0 Å². The summed E-state index contributed by atoms with van der Waals surface area (Å²) in [6.07, 6.45) is 2.66. The van der Waals surface area contributed by atoms with E-state index < -0.39 is 0 Å². The second-order valence-corrected chi connectivity index (χ2v) is 5.87. The molecule has 0 aromatic carbocycles. The molecule has 1 unspecified atom stereocenters. The van der Waals surface area contributed by atoms with Crippen LogP contribution in [0.3, 0.4) is 0 Å². The van der Waals surface area contributed by atoms with E-state index in [2.05, 4.69) is 43.5 Å². The van der Waals surface area contributed by atoms with E-state index in [9.17, 15) is 5.11 Å². The second kappa shape index (κ2) is 5.67. The van der Waals surface area contributed by atoms with Gasteiger partial charge in [0.15, 0.2) is 0 Å². The smallest absolute Gasteiger partial charge is 0.0596 e. The highest BCUT2D eigenvalue weighted by molar-refractivity contribution is 5.09. The number of aliphatic hydroxyl groups is 1. The molecule has 0 aliphatic carbocycles. The zero-order valence-corrected chi connectivity index (χ0v) is 11.8. The predicted octanol–water partition coefficient (Wildman–Crippen LogP) is 2.94. The molecular weight excluding hydrogens is 212 g/mol. The number of hydrogen-bond acceptors (Lipinski definition) is 2. The van der Waals surface area contributed by atoms with Gasteiger partial charge >= 0.3 is 0 Å². The molecule has 1 aromatic heterocycles. The van der Waals surface area contributed by atoms with Crippen LogP contribution < -0.4 is 0 Å². The van der Waals surface area contributed by atoms with Gasteiger partial charge in [0.2, 0.25) is 0 Å². The Labute approximate surface area is 105 Å². The van der Waals surface area contributed by atoms with Gasteiger partial charge in [-0.2, -0.15) is 5.10 Å². The van der Waals surface area contributed by atoms with Gasteiger partial charge in [-0.3, -0.25) is 4.68 Å². The molecule has 3 heteroatoms. The third-order valence-electron chi connectivity index (χ3n) is 3.20. The van der Waals surface area contributed by atoms with Crippen LogP contribution in [0.5, 0.6) is 0 Å². The number of hydrogen-bond donors (Lipinski definition) is 1. The third-order valence-corrected chi connectivity index (χ3v) is 3.20. The highest BCUT2D eigenvalue weighted by Gasteiger charge is 2.21. The van der Waals surface area contributed by atoms with Crippen LogP contribution in [-0.2, 0) is 13.0 Å². The molecule has 1 N–H and O–H groups in total. The lowest BCUT2D eigenvalue weighted by molar-refractivity contribution is 0.0539. The molecule has 0 spiro atoms. The first-order valence-electron chi connectivity index (χ1n) is 6.56. The first-order chi connectivity index (χ1) is 7.84. The normalized spacial score (nSPS) is 14.0. The minimum Gasteiger partial charge on any atom is -0.393 e. The van der Waals surface area contributed by atoms with Gasteiger partial charge in [-0.15, -0.1) is 0 Å². The van der Waals surface area contributed by atoms with Crippen LogP contribution in [0, 0.1) is 12.3 Å². The van der Waals surface area contributed by atoms with Crippen LogP contribution in [0.25, 0.3) is 0 Å². The van der Waals surface area contributed by atoms with E-state index in [4.69, 9.17) is 0 Å². The summed E-state index contributed by atoms with van der Waals surface area (Å²) < 4.78 is 2.05. The molecule has 98 valence electrons. The molecule has 0 amide bonds. The van der Waals surface area contributed by atoms with Crippen molar-refractivity contribution in [2.24, 2.45) is 5.41 Å². The van der Waals surface area contributed by atoms with E-state index in [0.717, 1.165) is 31.5 Å². The minimum absolute atomic E-state index is 0.0130. The Hall–Kier alpha value is -0.830. The molecule has 3 nitrogen and oxygen atoms in total. The molecule has 0 saturated carbocycles. The summed E-state index contributed by atoms with van der Waals surface area (Å²) >= 11 is 0. The fourth-order valence-corrected chi connectivity index (χ4v) is 1.98. The Morgan fingerprint density at radius 3 is 2.59 bits per heavy atom. The molecule has 0 aliphatic heterocycles. The summed E-state index contributed by atoms with van der Waals surface area (Å²) in [6, 6.07) is 2.15. The molecule has 0 aliphatic rings. The summed E-state index contributed by atoms with van der Waals surface area (Å²) in [4.78, 5) is 0. The van der Waals surface area contributed by atoms with Crippen molar-refractivity contribution in [3.8, 4) is 0 Å². The van der Waals surface area contributed by atoms with Crippen molar-refractivity contribution in [1.29, 1.82) is 0 Å². The van der Waals surface area contributed by atoms with Gasteiger partial charge in [-0.1, -0.05) is 20.8 Å². The van der Waals surface area contributed by atoms with Crippen LogP contribution in [0.2, 0.25) is 0 Å². The first kappa shape index (κ1) is 14.2. The zero-order chi connectivity index (χ0) is 13.1. The van der Waals surface area contributed by atoms with Crippen molar-refractivity contribution in [1.82, 2.24) is 9.78 Å². The first-order valence-corrected chi connectivity index (χ1v) is 6.56. The quantitative estimate of drug-likeness (QED) is 0.856.